The fourth-order valence-electron chi connectivity index (χ4n) is 1.20. The van der Waals surface area contributed by atoms with Crippen LogP contribution in [-0.2, 0) is 4.79 Å². The van der Waals surface area contributed by atoms with Gasteiger partial charge in [-0.2, -0.15) is 0 Å². The van der Waals surface area contributed by atoms with E-state index in [4.69, 9.17) is 17.3 Å². The first-order valence-corrected chi connectivity index (χ1v) is 5.52. The van der Waals surface area contributed by atoms with Crippen LogP contribution in [0.15, 0.2) is 23.1 Å². The molecule has 1 aromatic carbocycles. The van der Waals surface area contributed by atoms with Crippen LogP contribution >= 0.6 is 23.4 Å². The Hall–Kier alpha value is -0.710. The highest BCUT2D eigenvalue weighted by Crippen LogP contribution is 2.32. The summed E-state index contributed by atoms with van der Waals surface area (Å²) in [6.45, 7) is 0. The van der Waals surface area contributed by atoms with Crippen molar-refractivity contribution in [1.29, 1.82) is 0 Å². The zero-order valence-corrected chi connectivity index (χ0v) is 8.86. The van der Waals surface area contributed by atoms with Crippen LogP contribution in [-0.4, -0.2) is 17.7 Å². The van der Waals surface area contributed by atoms with Crippen molar-refractivity contribution in [1.82, 2.24) is 0 Å². The second-order valence-corrected chi connectivity index (χ2v) is 4.55. The van der Waals surface area contributed by atoms with E-state index in [2.05, 4.69) is 5.32 Å². The Balaban J connectivity index is 2.37. The Kier molecular flexibility index (Phi) is 2.67. The zero-order chi connectivity index (χ0) is 10.1. The third kappa shape index (κ3) is 1.87. The standard InChI is InChI=1S/C9H9ClN2OS/c10-5-1-2-7-8(3-5)14-4-6(11)9(13)12-7/h1-3,6H,4,11H2,(H,12,13)/t6-/m0/s1. The lowest BCUT2D eigenvalue weighted by molar-refractivity contribution is -0.116. The van der Waals surface area contributed by atoms with Crippen LogP contribution in [0.4, 0.5) is 5.69 Å². The number of rotatable bonds is 0. The van der Waals surface area contributed by atoms with Crippen LogP contribution in [0.1, 0.15) is 0 Å². The van der Waals surface area contributed by atoms with Crippen molar-refractivity contribution >= 4 is 35.0 Å². The van der Waals surface area contributed by atoms with E-state index in [1.165, 1.54) is 0 Å². The van der Waals surface area contributed by atoms with Gasteiger partial charge >= 0.3 is 0 Å². The van der Waals surface area contributed by atoms with Gasteiger partial charge < -0.3 is 11.1 Å². The van der Waals surface area contributed by atoms with E-state index in [9.17, 15) is 4.79 Å². The normalized spacial score (nSPS) is 21.0. The lowest BCUT2D eigenvalue weighted by atomic mass is 10.3. The molecule has 0 bridgehead atoms. The number of nitrogens with two attached hydrogens (primary N) is 1. The third-order valence-electron chi connectivity index (χ3n) is 1.96. The summed E-state index contributed by atoms with van der Waals surface area (Å²) < 4.78 is 0. The molecule has 1 atom stereocenters. The predicted molar refractivity (Wildman–Crippen MR) is 58.8 cm³/mol. The van der Waals surface area contributed by atoms with Crippen molar-refractivity contribution in [2.75, 3.05) is 11.1 Å². The number of anilines is 1. The Morgan fingerprint density at radius 1 is 1.57 bits per heavy atom. The number of benzene rings is 1. The van der Waals surface area contributed by atoms with E-state index in [1.807, 2.05) is 6.07 Å². The van der Waals surface area contributed by atoms with Crippen molar-refractivity contribution in [3.05, 3.63) is 23.2 Å². The number of carbonyl (C=O) groups is 1. The van der Waals surface area contributed by atoms with Crippen LogP contribution in [0.5, 0.6) is 0 Å². The lowest BCUT2D eigenvalue weighted by Crippen LogP contribution is -2.36. The first kappa shape index (κ1) is 9.83. The molecule has 0 spiro atoms. The fraction of sp³-hybridized carbons (Fsp3) is 0.222. The van der Waals surface area contributed by atoms with E-state index in [-0.39, 0.29) is 5.91 Å². The second-order valence-electron chi connectivity index (χ2n) is 3.05. The second kappa shape index (κ2) is 3.81. The van der Waals surface area contributed by atoms with E-state index >= 15 is 0 Å². The molecule has 0 radical (unpaired) electrons. The molecular weight excluding hydrogens is 220 g/mol. The molecule has 1 aliphatic heterocycles. The molecule has 3 N–H and O–H groups in total. The van der Waals surface area contributed by atoms with Gasteiger partial charge in [0.25, 0.3) is 0 Å². The van der Waals surface area contributed by atoms with E-state index in [0.717, 1.165) is 10.6 Å². The van der Waals surface area contributed by atoms with Gasteiger partial charge in [-0.1, -0.05) is 11.6 Å². The average Bonchev–Trinajstić information content (AvgIpc) is 2.29. The molecule has 0 saturated heterocycles. The minimum absolute atomic E-state index is 0.140. The minimum atomic E-state index is -0.453. The van der Waals surface area contributed by atoms with Crippen molar-refractivity contribution in [2.24, 2.45) is 5.73 Å². The largest absolute Gasteiger partial charge is 0.324 e. The number of amides is 1. The first-order valence-electron chi connectivity index (χ1n) is 4.15. The summed E-state index contributed by atoms with van der Waals surface area (Å²) in [4.78, 5) is 12.4. The average molecular weight is 229 g/mol. The smallest absolute Gasteiger partial charge is 0.242 e. The number of halogens is 1. The predicted octanol–water partition coefficient (Wildman–Crippen LogP) is 1.71. The summed E-state index contributed by atoms with van der Waals surface area (Å²) >= 11 is 7.39. The molecule has 2 rings (SSSR count). The molecule has 0 unspecified atom stereocenters. The van der Waals surface area contributed by atoms with Crippen LogP contribution in [0, 0.1) is 0 Å². The molecule has 0 saturated carbocycles. The van der Waals surface area contributed by atoms with Crippen LogP contribution < -0.4 is 11.1 Å². The third-order valence-corrected chi connectivity index (χ3v) is 3.37. The molecule has 74 valence electrons. The molecule has 1 heterocycles. The summed E-state index contributed by atoms with van der Waals surface area (Å²) in [7, 11) is 0. The summed E-state index contributed by atoms with van der Waals surface area (Å²) in [5, 5.41) is 3.42. The van der Waals surface area contributed by atoms with Gasteiger partial charge in [0, 0.05) is 15.7 Å². The van der Waals surface area contributed by atoms with Gasteiger partial charge in [0.2, 0.25) is 5.91 Å². The molecule has 0 aliphatic carbocycles. The zero-order valence-electron chi connectivity index (χ0n) is 7.29. The highest BCUT2D eigenvalue weighted by Gasteiger charge is 2.20. The molecule has 1 aliphatic rings. The van der Waals surface area contributed by atoms with Crippen molar-refractivity contribution in [3.63, 3.8) is 0 Å². The summed E-state index contributed by atoms with van der Waals surface area (Å²) in [5.41, 5.74) is 6.42. The Morgan fingerprint density at radius 3 is 3.14 bits per heavy atom. The molecule has 3 nitrogen and oxygen atoms in total. The summed E-state index contributed by atoms with van der Waals surface area (Å²) in [6, 6.07) is 4.92. The van der Waals surface area contributed by atoms with E-state index < -0.39 is 6.04 Å². The highest BCUT2D eigenvalue weighted by molar-refractivity contribution is 7.99. The molecule has 14 heavy (non-hydrogen) atoms. The fourth-order valence-corrected chi connectivity index (χ4v) is 2.43. The molecule has 1 amide bonds. The quantitative estimate of drug-likeness (QED) is 0.711. The minimum Gasteiger partial charge on any atom is -0.324 e. The van der Waals surface area contributed by atoms with Crippen molar-refractivity contribution in [3.8, 4) is 0 Å². The first-order chi connectivity index (χ1) is 6.66. The highest BCUT2D eigenvalue weighted by atomic mass is 35.5. The SMILES string of the molecule is N[C@H]1CSc2cc(Cl)ccc2NC1=O. The number of fused-ring (bicyclic) bond motifs is 1. The molecular formula is C9H9ClN2OS. The molecule has 1 aromatic rings. The van der Waals surface area contributed by atoms with Gasteiger partial charge in [-0.05, 0) is 18.2 Å². The van der Waals surface area contributed by atoms with E-state index in [1.54, 1.807) is 23.9 Å². The monoisotopic (exact) mass is 228 g/mol. The maximum atomic E-state index is 11.4. The lowest BCUT2D eigenvalue weighted by Gasteiger charge is -2.06. The number of carbonyl (C=O) groups excluding carboxylic acids is 1. The van der Waals surface area contributed by atoms with Gasteiger partial charge in [0.05, 0.1) is 11.7 Å². The Labute approximate surface area is 91.0 Å². The number of hydrogen-bond donors (Lipinski definition) is 2. The van der Waals surface area contributed by atoms with Crippen LogP contribution in [0.2, 0.25) is 5.02 Å². The summed E-state index contributed by atoms with van der Waals surface area (Å²) in [6.07, 6.45) is 0. The van der Waals surface area contributed by atoms with Crippen molar-refractivity contribution < 1.29 is 4.79 Å². The van der Waals surface area contributed by atoms with Gasteiger partial charge in [0.15, 0.2) is 0 Å². The molecule has 0 aromatic heterocycles. The van der Waals surface area contributed by atoms with Crippen LogP contribution in [0.3, 0.4) is 0 Å². The molecule has 5 heteroatoms. The Morgan fingerprint density at radius 2 is 2.36 bits per heavy atom. The topological polar surface area (TPSA) is 55.1 Å². The Bertz CT molecular complexity index is 383. The number of hydrogen-bond acceptors (Lipinski definition) is 3. The maximum Gasteiger partial charge on any atom is 0.242 e. The summed E-state index contributed by atoms with van der Waals surface area (Å²) in [5.74, 6) is 0.442. The van der Waals surface area contributed by atoms with Crippen LogP contribution in [0.25, 0.3) is 0 Å². The number of thioether (sulfide) groups is 1. The molecule has 0 fully saturated rings. The number of nitrogens with one attached hydrogen (secondary N) is 1. The van der Waals surface area contributed by atoms with Gasteiger partial charge in [-0.25, -0.2) is 0 Å². The van der Waals surface area contributed by atoms with Gasteiger partial charge in [-0.15, -0.1) is 11.8 Å². The van der Waals surface area contributed by atoms with Crippen molar-refractivity contribution in [2.45, 2.75) is 10.9 Å². The maximum absolute atomic E-state index is 11.4. The van der Waals surface area contributed by atoms with Gasteiger partial charge in [-0.3, -0.25) is 4.79 Å². The van der Waals surface area contributed by atoms with E-state index in [0.29, 0.717) is 10.8 Å². The van der Waals surface area contributed by atoms with Gasteiger partial charge in [0.1, 0.15) is 0 Å².